The van der Waals surface area contributed by atoms with Crippen LogP contribution in [0.5, 0.6) is 5.88 Å². The maximum atomic E-state index is 12.4. The van der Waals surface area contributed by atoms with Gasteiger partial charge in [-0.05, 0) is 44.0 Å². The molecule has 7 rings (SSSR count). The molecule has 10 nitrogen and oxygen atoms in total. The number of hydrogen-bond acceptors (Lipinski definition) is 8. The summed E-state index contributed by atoms with van der Waals surface area (Å²) in [4.78, 5) is 23.8. The molecule has 2 amide bonds. The van der Waals surface area contributed by atoms with E-state index in [2.05, 4.69) is 31.6 Å². The smallest absolute Gasteiger partial charge is 0.324 e. The summed E-state index contributed by atoms with van der Waals surface area (Å²) in [7, 11) is 0. The molecule has 39 heavy (non-hydrogen) atoms. The minimum Gasteiger partial charge on any atom is -0.472 e. The van der Waals surface area contributed by atoms with Crippen molar-refractivity contribution in [1.82, 2.24) is 24.8 Å². The molecule has 0 unspecified atom stereocenters. The van der Waals surface area contributed by atoms with Crippen molar-refractivity contribution >= 4 is 44.2 Å². The standard InChI is InChI=1S/C28H29N7O3S/c1-27(2,3)21-14-22(34-38-21)32-25(36)30-17-6-4-16(5-7-17)18-15-35-19-8-9-23(33-24(19)39-26(35)31-18)37-20-10-13-29-28(20)11-12-28/h4-9,14-15,20,29H,10-13H2,1-3H3,(H2,30,32,34,36)/t20-/m0/s1. The maximum absolute atomic E-state index is 12.4. The molecule has 0 bridgehead atoms. The van der Waals surface area contributed by atoms with E-state index >= 15 is 0 Å². The second-order valence-corrected chi connectivity index (χ2v) is 12.3. The number of aromatic nitrogens is 4. The van der Waals surface area contributed by atoms with E-state index in [1.54, 1.807) is 17.4 Å². The van der Waals surface area contributed by atoms with Crippen LogP contribution in [-0.2, 0) is 5.41 Å². The first-order chi connectivity index (χ1) is 18.8. The molecule has 2 aliphatic rings. The van der Waals surface area contributed by atoms with E-state index < -0.39 is 6.03 Å². The zero-order valence-electron chi connectivity index (χ0n) is 21.9. The molecule has 1 aliphatic carbocycles. The number of nitrogens with one attached hydrogen (secondary N) is 3. The predicted octanol–water partition coefficient (Wildman–Crippen LogP) is 5.81. The predicted molar refractivity (Wildman–Crippen MR) is 151 cm³/mol. The van der Waals surface area contributed by atoms with Crippen molar-refractivity contribution in [1.29, 1.82) is 0 Å². The number of thiazole rings is 1. The van der Waals surface area contributed by atoms with Crippen molar-refractivity contribution in [3.8, 4) is 17.1 Å². The average molecular weight is 544 g/mol. The molecule has 5 heterocycles. The van der Waals surface area contributed by atoms with E-state index in [0.29, 0.717) is 23.1 Å². The van der Waals surface area contributed by atoms with E-state index in [1.807, 2.05) is 57.3 Å². The highest BCUT2D eigenvalue weighted by Crippen LogP contribution is 2.44. The number of anilines is 2. The Morgan fingerprint density at radius 3 is 2.72 bits per heavy atom. The number of carbonyl (C=O) groups is 1. The third-order valence-electron chi connectivity index (χ3n) is 7.42. The molecule has 0 radical (unpaired) electrons. The summed E-state index contributed by atoms with van der Waals surface area (Å²) < 4.78 is 13.7. The van der Waals surface area contributed by atoms with Gasteiger partial charge in [0.05, 0.1) is 16.7 Å². The number of fused-ring (bicyclic) bond motifs is 3. The molecule has 5 aromatic rings. The van der Waals surface area contributed by atoms with E-state index in [0.717, 1.165) is 39.5 Å². The Labute approximate surface area is 228 Å². The van der Waals surface area contributed by atoms with Gasteiger partial charge >= 0.3 is 6.03 Å². The molecule has 1 aromatic carbocycles. The van der Waals surface area contributed by atoms with Crippen LogP contribution in [0.3, 0.4) is 0 Å². The van der Waals surface area contributed by atoms with Gasteiger partial charge in [0.15, 0.2) is 10.8 Å². The van der Waals surface area contributed by atoms with Crippen LogP contribution in [0.4, 0.5) is 16.3 Å². The van der Waals surface area contributed by atoms with Crippen LogP contribution in [0.2, 0.25) is 0 Å². The van der Waals surface area contributed by atoms with Crippen molar-refractivity contribution in [3.05, 3.63) is 54.4 Å². The van der Waals surface area contributed by atoms with Crippen molar-refractivity contribution in [2.24, 2.45) is 0 Å². The number of pyridine rings is 1. The molecule has 2 fully saturated rings. The zero-order valence-corrected chi connectivity index (χ0v) is 22.8. The lowest BCUT2D eigenvalue weighted by atomic mass is 9.93. The molecule has 11 heteroatoms. The topological polar surface area (TPSA) is 119 Å². The molecule has 1 aliphatic heterocycles. The Kier molecular flexibility index (Phi) is 5.43. The normalized spacial score (nSPS) is 18.2. The SMILES string of the molecule is CC(C)(C)c1cc(NC(=O)Nc2ccc(-c3cn4c(n3)sc3nc(O[C@H]5CCNC56CC6)ccc34)cc2)no1. The number of hydrogen-bond donors (Lipinski definition) is 3. The van der Waals surface area contributed by atoms with Gasteiger partial charge in [0.25, 0.3) is 0 Å². The van der Waals surface area contributed by atoms with Gasteiger partial charge < -0.3 is 19.9 Å². The fourth-order valence-electron chi connectivity index (χ4n) is 5.06. The second-order valence-electron chi connectivity index (χ2n) is 11.3. The lowest BCUT2D eigenvalue weighted by molar-refractivity contribution is 0.169. The summed E-state index contributed by atoms with van der Waals surface area (Å²) in [6.07, 6.45) is 5.60. The Morgan fingerprint density at radius 1 is 1.15 bits per heavy atom. The van der Waals surface area contributed by atoms with Crippen molar-refractivity contribution in [2.45, 2.75) is 57.1 Å². The van der Waals surface area contributed by atoms with Crippen LogP contribution >= 0.6 is 11.3 Å². The van der Waals surface area contributed by atoms with Gasteiger partial charge in [-0.3, -0.25) is 9.72 Å². The Balaban J connectivity index is 1.03. The summed E-state index contributed by atoms with van der Waals surface area (Å²) in [5.74, 6) is 1.75. The fourth-order valence-corrected chi connectivity index (χ4v) is 6.03. The van der Waals surface area contributed by atoms with Gasteiger partial charge in [0, 0.05) is 35.0 Å². The first kappa shape index (κ1) is 24.1. The van der Waals surface area contributed by atoms with E-state index in [1.165, 1.54) is 12.8 Å². The fraction of sp³-hybridized carbons (Fsp3) is 0.357. The third kappa shape index (κ3) is 4.51. The Hall–Kier alpha value is -3.96. The zero-order chi connectivity index (χ0) is 26.8. The molecule has 200 valence electrons. The largest absolute Gasteiger partial charge is 0.472 e. The Bertz CT molecular complexity index is 1690. The quantitative estimate of drug-likeness (QED) is 0.256. The highest BCUT2D eigenvalue weighted by atomic mass is 32.1. The summed E-state index contributed by atoms with van der Waals surface area (Å²) in [6.45, 7) is 7.07. The van der Waals surface area contributed by atoms with Crippen molar-refractivity contribution < 1.29 is 14.1 Å². The van der Waals surface area contributed by atoms with Gasteiger partial charge in [-0.1, -0.05) is 49.4 Å². The average Bonchev–Trinajstić information content (AvgIpc) is 3.23. The first-order valence-electron chi connectivity index (χ1n) is 13.1. The lowest BCUT2D eigenvalue weighted by Gasteiger charge is -2.19. The van der Waals surface area contributed by atoms with Crippen LogP contribution < -0.4 is 20.7 Å². The van der Waals surface area contributed by atoms with Gasteiger partial charge in [-0.2, -0.15) is 0 Å². The second kappa shape index (κ2) is 8.78. The van der Waals surface area contributed by atoms with Crippen LogP contribution in [0, 0.1) is 0 Å². The summed E-state index contributed by atoms with van der Waals surface area (Å²) in [5.41, 5.74) is 3.45. The van der Waals surface area contributed by atoms with Crippen LogP contribution in [0.15, 0.2) is 53.2 Å². The van der Waals surface area contributed by atoms with E-state index in [-0.39, 0.29) is 17.1 Å². The molecular weight excluding hydrogens is 514 g/mol. The third-order valence-corrected chi connectivity index (χ3v) is 8.38. The minimum atomic E-state index is -0.391. The van der Waals surface area contributed by atoms with Gasteiger partial charge in [-0.25, -0.2) is 14.8 Å². The first-order valence-corrected chi connectivity index (χ1v) is 13.9. The van der Waals surface area contributed by atoms with Gasteiger partial charge in [0.1, 0.15) is 16.7 Å². The summed E-state index contributed by atoms with van der Waals surface area (Å²) in [5, 5.41) is 13.0. The van der Waals surface area contributed by atoms with E-state index in [4.69, 9.17) is 19.2 Å². The van der Waals surface area contributed by atoms with Crippen LogP contribution in [0.25, 0.3) is 26.6 Å². The molecule has 4 aromatic heterocycles. The number of amides is 2. The molecule has 1 spiro atoms. The number of benzene rings is 1. The minimum absolute atomic E-state index is 0.178. The van der Waals surface area contributed by atoms with Crippen molar-refractivity contribution in [2.75, 3.05) is 17.2 Å². The molecule has 1 saturated heterocycles. The van der Waals surface area contributed by atoms with Crippen LogP contribution in [-0.4, -0.2) is 43.7 Å². The number of rotatable bonds is 5. The number of carbonyl (C=O) groups excluding carboxylic acids is 1. The highest BCUT2D eigenvalue weighted by Gasteiger charge is 2.53. The molecular formula is C28H29N7O3S. The number of nitrogens with zero attached hydrogens (tertiary/aromatic N) is 4. The van der Waals surface area contributed by atoms with Gasteiger partial charge in [-0.15, -0.1) is 0 Å². The molecule has 1 atom stereocenters. The maximum Gasteiger partial charge on any atom is 0.324 e. The highest BCUT2D eigenvalue weighted by molar-refractivity contribution is 7.23. The van der Waals surface area contributed by atoms with Gasteiger partial charge in [0.2, 0.25) is 5.88 Å². The summed E-state index contributed by atoms with van der Waals surface area (Å²) in [6, 6.07) is 12.9. The van der Waals surface area contributed by atoms with Crippen molar-refractivity contribution in [3.63, 3.8) is 0 Å². The van der Waals surface area contributed by atoms with E-state index in [9.17, 15) is 4.79 Å². The number of imidazole rings is 1. The molecule has 1 saturated carbocycles. The lowest BCUT2D eigenvalue weighted by Crippen LogP contribution is -2.36. The number of urea groups is 1. The number of ether oxygens (including phenoxy) is 1. The monoisotopic (exact) mass is 543 g/mol. The Morgan fingerprint density at radius 2 is 1.97 bits per heavy atom. The van der Waals surface area contributed by atoms with Crippen LogP contribution in [0.1, 0.15) is 45.8 Å². The molecule has 3 N–H and O–H groups in total. The summed E-state index contributed by atoms with van der Waals surface area (Å²) >= 11 is 1.55.